The zero-order valence-electron chi connectivity index (χ0n) is 17.6. The van der Waals surface area contributed by atoms with Crippen LogP contribution >= 0.6 is 0 Å². The van der Waals surface area contributed by atoms with Crippen molar-refractivity contribution in [2.75, 3.05) is 14.2 Å². The van der Waals surface area contributed by atoms with Crippen LogP contribution < -0.4 is 15.2 Å². The number of aliphatic imine (C=N–C) groups is 3. The van der Waals surface area contributed by atoms with Crippen molar-refractivity contribution in [3.05, 3.63) is 54.6 Å². The number of guanidine groups is 1. The van der Waals surface area contributed by atoms with Gasteiger partial charge in [0.2, 0.25) is 6.35 Å². The summed E-state index contributed by atoms with van der Waals surface area (Å²) in [7, 11) is -2.54. The maximum atomic E-state index is 13.5. The number of sulfonamides is 1. The van der Waals surface area contributed by atoms with Gasteiger partial charge in [0, 0.05) is 7.11 Å². The molecular formula is C19H18F3N5O6S. The first kappa shape index (κ1) is 24.8. The number of methoxy groups -OCH3 is 2. The van der Waals surface area contributed by atoms with Gasteiger partial charge in [0.25, 0.3) is 22.0 Å². The van der Waals surface area contributed by atoms with Gasteiger partial charge in [-0.3, -0.25) is 0 Å². The lowest BCUT2D eigenvalue weighted by Crippen LogP contribution is -2.48. The van der Waals surface area contributed by atoms with E-state index in [-0.39, 0.29) is 11.8 Å². The molecule has 34 heavy (non-hydrogen) atoms. The molecule has 0 saturated carbocycles. The van der Waals surface area contributed by atoms with Crippen LogP contribution in [0.2, 0.25) is 0 Å². The molecule has 11 nitrogen and oxygen atoms in total. The molecule has 2 N–H and O–H groups in total. The number of nitrogens with zero attached hydrogens (tertiary/aromatic N) is 4. The van der Waals surface area contributed by atoms with Crippen LogP contribution in [0.25, 0.3) is 0 Å². The molecule has 1 atom stereocenters. The first-order chi connectivity index (χ1) is 16.0. The molecule has 15 heteroatoms. The number of para-hydroxylation sites is 2. The number of rotatable bonds is 5. The van der Waals surface area contributed by atoms with Crippen LogP contribution in [0, 0.1) is 0 Å². The van der Waals surface area contributed by atoms with Gasteiger partial charge in [0.15, 0.2) is 0 Å². The quantitative estimate of drug-likeness (QED) is 0.490. The molecule has 1 unspecified atom stereocenters. The Labute approximate surface area is 192 Å². The number of nitrogens with two attached hydrogens (primary N) is 1. The highest BCUT2D eigenvalue weighted by atomic mass is 32.2. The minimum atomic E-state index is -5.15. The van der Waals surface area contributed by atoms with Crippen LogP contribution in [0.15, 0.2) is 74.5 Å². The maximum Gasteiger partial charge on any atom is 0.573 e. The normalized spacial score (nSPS) is 17.0. The zero-order valence-corrected chi connectivity index (χ0v) is 18.4. The van der Waals surface area contributed by atoms with Crippen LogP contribution in [0.5, 0.6) is 11.5 Å². The molecule has 1 heterocycles. The monoisotopic (exact) mass is 501 g/mol. The molecule has 0 bridgehead atoms. The molecule has 3 rings (SSSR count). The summed E-state index contributed by atoms with van der Waals surface area (Å²) in [5.74, 6) is -1.35. The molecule has 0 amide bonds. The highest BCUT2D eigenvalue weighted by molar-refractivity contribution is 7.89. The third kappa shape index (κ3) is 5.74. The molecule has 2 aromatic carbocycles. The predicted octanol–water partition coefficient (Wildman–Crippen LogP) is 2.27. The fraction of sp³-hybridized carbons (Fsp3) is 0.211. The third-order valence-electron chi connectivity index (χ3n) is 4.00. The van der Waals surface area contributed by atoms with Crippen molar-refractivity contribution in [2.45, 2.75) is 17.6 Å². The molecule has 0 saturated heterocycles. The molecule has 0 radical (unpaired) electrons. The Balaban J connectivity index is 2.09. The lowest BCUT2D eigenvalue weighted by molar-refractivity contribution is -0.275. The summed E-state index contributed by atoms with van der Waals surface area (Å²) in [6.07, 6.45) is -6.81. The van der Waals surface area contributed by atoms with Gasteiger partial charge in [0.05, 0.1) is 7.11 Å². The number of alkyl halides is 3. The van der Waals surface area contributed by atoms with Crippen LogP contribution in [0.4, 0.5) is 13.2 Å². The molecule has 0 spiro atoms. The number of hydrogen-bond donors (Lipinski definition) is 1. The third-order valence-corrected chi connectivity index (χ3v) is 5.75. The van der Waals surface area contributed by atoms with E-state index in [1.807, 2.05) is 0 Å². The van der Waals surface area contributed by atoms with Gasteiger partial charge in [0.1, 0.15) is 16.4 Å². The Bertz CT molecular complexity index is 1220. The molecule has 0 fully saturated rings. The first-order valence-electron chi connectivity index (χ1n) is 9.24. The average molecular weight is 501 g/mol. The molecule has 0 aromatic heterocycles. The van der Waals surface area contributed by atoms with Crippen LogP contribution in [0.3, 0.4) is 0 Å². The van der Waals surface area contributed by atoms with Crippen molar-refractivity contribution < 1.29 is 40.5 Å². The van der Waals surface area contributed by atoms with Crippen molar-refractivity contribution in [1.29, 1.82) is 0 Å². The smallest absolute Gasteiger partial charge is 0.467 e. The number of ether oxygens (including phenoxy) is 4. The highest BCUT2D eigenvalue weighted by Gasteiger charge is 2.42. The Morgan fingerprint density at radius 3 is 2.35 bits per heavy atom. The predicted molar refractivity (Wildman–Crippen MR) is 114 cm³/mol. The topological polar surface area (TPSA) is 137 Å². The van der Waals surface area contributed by atoms with Gasteiger partial charge in [-0.1, -0.05) is 30.3 Å². The second kappa shape index (κ2) is 9.96. The Morgan fingerprint density at radius 1 is 1.09 bits per heavy atom. The Hall–Kier alpha value is -3.85. The van der Waals surface area contributed by atoms with E-state index >= 15 is 0 Å². The second-order valence-electron chi connectivity index (χ2n) is 6.25. The number of hydrogen-bond acceptors (Lipinski definition) is 9. The molecule has 1 aliphatic rings. The van der Waals surface area contributed by atoms with E-state index in [2.05, 4.69) is 19.7 Å². The van der Waals surface area contributed by atoms with E-state index in [9.17, 15) is 21.6 Å². The Kier molecular flexibility index (Phi) is 7.26. The van der Waals surface area contributed by atoms with Gasteiger partial charge >= 0.3 is 12.4 Å². The van der Waals surface area contributed by atoms with Gasteiger partial charge < -0.3 is 24.7 Å². The summed E-state index contributed by atoms with van der Waals surface area (Å²) < 4.78 is 85.2. The number of amidine groups is 2. The maximum absolute atomic E-state index is 13.5. The van der Waals surface area contributed by atoms with E-state index in [4.69, 9.17) is 19.9 Å². The average Bonchev–Trinajstić information content (AvgIpc) is 2.78. The minimum Gasteiger partial charge on any atom is -0.467 e. The fourth-order valence-electron chi connectivity index (χ4n) is 2.67. The van der Waals surface area contributed by atoms with Crippen LogP contribution in [-0.2, 0) is 19.5 Å². The summed E-state index contributed by atoms with van der Waals surface area (Å²) in [6, 6.07) is 11.4. The van der Waals surface area contributed by atoms with Gasteiger partial charge in [-0.05, 0) is 24.3 Å². The standard InChI is InChI=1S/C19H18F3N5O6S/c1-30-17-25-16(24-15(23)32-12-8-4-3-5-9-12)27(18(26-17)31-2)34(28,29)14-11-7-6-10-13(14)33-19(20,21)22/h3-11,18H,1-2H3,(H2,23,24,25,26). The summed E-state index contributed by atoms with van der Waals surface area (Å²) in [5, 5.41) is 0. The van der Waals surface area contributed by atoms with E-state index in [0.717, 1.165) is 19.2 Å². The molecule has 182 valence electrons. The zero-order chi connectivity index (χ0) is 24.9. The van der Waals surface area contributed by atoms with Crippen molar-refractivity contribution in [2.24, 2.45) is 20.7 Å². The molecular weight excluding hydrogens is 483 g/mol. The van der Waals surface area contributed by atoms with E-state index in [0.29, 0.717) is 4.31 Å². The lowest BCUT2D eigenvalue weighted by Gasteiger charge is -2.30. The van der Waals surface area contributed by atoms with Crippen LogP contribution in [0.1, 0.15) is 0 Å². The fourth-order valence-corrected chi connectivity index (χ4v) is 4.16. The van der Waals surface area contributed by atoms with E-state index in [1.165, 1.54) is 19.2 Å². The summed E-state index contributed by atoms with van der Waals surface area (Å²) in [4.78, 5) is 10.7. The van der Waals surface area contributed by atoms with Gasteiger partial charge in [-0.2, -0.15) is 19.3 Å². The summed E-state index contributed by atoms with van der Waals surface area (Å²) >= 11 is 0. The van der Waals surface area contributed by atoms with Crippen molar-refractivity contribution in [1.82, 2.24) is 4.31 Å². The van der Waals surface area contributed by atoms with E-state index < -0.39 is 45.4 Å². The van der Waals surface area contributed by atoms with Crippen molar-refractivity contribution in [3.63, 3.8) is 0 Å². The SMILES string of the molecule is COC1=NC(OC)N(S(=O)(=O)c2ccccc2OC(F)(F)F)C(N=C(N)Oc2ccccc2)=N1. The number of benzene rings is 2. The van der Waals surface area contributed by atoms with Gasteiger partial charge in [-0.15, -0.1) is 13.2 Å². The highest BCUT2D eigenvalue weighted by Crippen LogP contribution is 2.33. The molecule has 2 aromatic rings. The lowest BCUT2D eigenvalue weighted by atomic mass is 10.3. The van der Waals surface area contributed by atoms with Crippen molar-refractivity contribution >= 4 is 28.0 Å². The largest absolute Gasteiger partial charge is 0.573 e. The first-order valence-corrected chi connectivity index (χ1v) is 10.7. The van der Waals surface area contributed by atoms with Gasteiger partial charge in [-0.25, -0.2) is 8.42 Å². The minimum absolute atomic E-state index is 0.280. The molecule has 0 aliphatic carbocycles. The summed E-state index contributed by atoms with van der Waals surface area (Å²) in [5.41, 5.74) is 5.80. The Morgan fingerprint density at radius 2 is 1.74 bits per heavy atom. The van der Waals surface area contributed by atoms with E-state index in [1.54, 1.807) is 30.3 Å². The van der Waals surface area contributed by atoms with Crippen LogP contribution in [-0.4, -0.2) is 57.7 Å². The second-order valence-corrected chi connectivity index (χ2v) is 8.03. The number of halogens is 3. The molecule has 1 aliphatic heterocycles. The van der Waals surface area contributed by atoms with Crippen molar-refractivity contribution in [3.8, 4) is 11.5 Å². The summed E-state index contributed by atoms with van der Waals surface area (Å²) in [6.45, 7) is 0.